The molecule has 1 aliphatic rings. The van der Waals surface area contributed by atoms with Crippen molar-refractivity contribution in [2.75, 3.05) is 12.8 Å². The normalized spacial score (nSPS) is 20.3. The van der Waals surface area contributed by atoms with E-state index in [-0.39, 0.29) is 5.82 Å². The standard InChI is InChI=1S/C13H18FNS/c1-9-6-12(14)10(8-13(9)16-2)7-11-4-3-5-15-11/h6,8,11,15H,3-5,7H2,1-2H3. The predicted molar refractivity (Wildman–Crippen MR) is 67.6 cm³/mol. The zero-order chi connectivity index (χ0) is 11.5. The summed E-state index contributed by atoms with van der Waals surface area (Å²) < 4.78 is 13.8. The van der Waals surface area contributed by atoms with Gasteiger partial charge in [-0.2, -0.15) is 0 Å². The Bertz CT molecular complexity index is 372. The van der Waals surface area contributed by atoms with Crippen LogP contribution in [0.3, 0.4) is 0 Å². The van der Waals surface area contributed by atoms with Crippen molar-refractivity contribution < 1.29 is 4.39 Å². The highest BCUT2D eigenvalue weighted by atomic mass is 32.2. The van der Waals surface area contributed by atoms with Crippen molar-refractivity contribution in [2.45, 2.75) is 37.1 Å². The van der Waals surface area contributed by atoms with Crippen LogP contribution in [0.1, 0.15) is 24.0 Å². The number of aryl methyl sites for hydroxylation is 1. The average Bonchev–Trinajstić information content (AvgIpc) is 2.75. The Morgan fingerprint density at radius 2 is 2.31 bits per heavy atom. The molecule has 1 saturated heterocycles. The number of nitrogens with one attached hydrogen (secondary N) is 1. The largest absolute Gasteiger partial charge is 0.314 e. The van der Waals surface area contributed by atoms with Crippen molar-refractivity contribution in [1.82, 2.24) is 5.32 Å². The van der Waals surface area contributed by atoms with Crippen molar-refractivity contribution in [2.24, 2.45) is 0 Å². The summed E-state index contributed by atoms with van der Waals surface area (Å²) in [4.78, 5) is 1.19. The van der Waals surface area contributed by atoms with Crippen LogP contribution < -0.4 is 5.32 Å². The van der Waals surface area contributed by atoms with Gasteiger partial charge in [0.1, 0.15) is 5.82 Å². The van der Waals surface area contributed by atoms with Gasteiger partial charge in [0.05, 0.1) is 0 Å². The fraction of sp³-hybridized carbons (Fsp3) is 0.538. The van der Waals surface area contributed by atoms with Crippen molar-refractivity contribution >= 4 is 11.8 Å². The van der Waals surface area contributed by atoms with Crippen LogP contribution in [-0.2, 0) is 6.42 Å². The number of hydrogen-bond donors (Lipinski definition) is 1. The van der Waals surface area contributed by atoms with E-state index in [1.165, 1.54) is 17.7 Å². The molecular formula is C13H18FNS. The lowest BCUT2D eigenvalue weighted by atomic mass is 10.0. The Morgan fingerprint density at radius 1 is 1.50 bits per heavy atom. The molecule has 1 unspecified atom stereocenters. The summed E-state index contributed by atoms with van der Waals surface area (Å²) in [5, 5.41) is 3.41. The van der Waals surface area contributed by atoms with Gasteiger partial charge in [-0.15, -0.1) is 11.8 Å². The zero-order valence-corrected chi connectivity index (χ0v) is 10.7. The van der Waals surface area contributed by atoms with Gasteiger partial charge in [-0.05, 0) is 62.2 Å². The summed E-state index contributed by atoms with van der Waals surface area (Å²) >= 11 is 1.69. The topological polar surface area (TPSA) is 12.0 Å². The highest BCUT2D eigenvalue weighted by molar-refractivity contribution is 7.98. The Hall–Kier alpha value is -0.540. The quantitative estimate of drug-likeness (QED) is 0.813. The number of rotatable bonds is 3. The van der Waals surface area contributed by atoms with Crippen LogP contribution in [0.4, 0.5) is 4.39 Å². The fourth-order valence-electron chi connectivity index (χ4n) is 2.27. The van der Waals surface area contributed by atoms with Gasteiger partial charge >= 0.3 is 0 Å². The molecular weight excluding hydrogens is 221 g/mol. The van der Waals surface area contributed by atoms with E-state index in [4.69, 9.17) is 0 Å². The van der Waals surface area contributed by atoms with E-state index < -0.39 is 0 Å². The maximum absolute atomic E-state index is 13.8. The average molecular weight is 239 g/mol. The van der Waals surface area contributed by atoms with Gasteiger partial charge in [0, 0.05) is 10.9 Å². The molecule has 1 heterocycles. The lowest BCUT2D eigenvalue weighted by Gasteiger charge is -2.13. The Kier molecular flexibility index (Phi) is 3.87. The lowest BCUT2D eigenvalue weighted by Crippen LogP contribution is -2.24. The molecule has 1 aliphatic heterocycles. The first-order valence-electron chi connectivity index (χ1n) is 5.77. The van der Waals surface area contributed by atoms with Crippen molar-refractivity contribution in [1.29, 1.82) is 0 Å². The Labute approximate surface area is 101 Å². The van der Waals surface area contributed by atoms with E-state index in [0.717, 1.165) is 24.1 Å². The number of thioether (sulfide) groups is 1. The first-order valence-corrected chi connectivity index (χ1v) is 6.99. The smallest absolute Gasteiger partial charge is 0.126 e. The summed E-state index contributed by atoms with van der Waals surface area (Å²) in [5.74, 6) is -0.0519. The summed E-state index contributed by atoms with van der Waals surface area (Å²) in [7, 11) is 0. The molecule has 0 aromatic heterocycles. The molecule has 1 fully saturated rings. The van der Waals surface area contributed by atoms with Crippen molar-refractivity contribution in [3.63, 3.8) is 0 Å². The zero-order valence-electron chi connectivity index (χ0n) is 9.85. The summed E-state index contributed by atoms with van der Waals surface area (Å²) in [6, 6.07) is 4.14. The molecule has 1 N–H and O–H groups in total. The van der Waals surface area contributed by atoms with Gasteiger partial charge in [-0.1, -0.05) is 0 Å². The SMILES string of the molecule is CSc1cc(CC2CCCN2)c(F)cc1C. The van der Waals surface area contributed by atoms with Crippen LogP contribution in [0.5, 0.6) is 0 Å². The van der Waals surface area contributed by atoms with Crippen LogP contribution >= 0.6 is 11.8 Å². The minimum Gasteiger partial charge on any atom is -0.314 e. The molecule has 1 atom stereocenters. The van der Waals surface area contributed by atoms with E-state index in [0.29, 0.717) is 6.04 Å². The number of halogens is 1. The second-order valence-electron chi connectivity index (χ2n) is 4.41. The second-order valence-corrected chi connectivity index (χ2v) is 5.26. The lowest BCUT2D eigenvalue weighted by molar-refractivity contribution is 0.558. The molecule has 1 aromatic rings. The third-order valence-electron chi connectivity index (χ3n) is 3.19. The third-order valence-corrected chi connectivity index (χ3v) is 4.07. The first-order chi connectivity index (χ1) is 7.70. The Balaban J connectivity index is 2.18. The van der Waals surface area contributed by atoms with E-state index in [2.05, 4.69) is 5.32 Å². The molecule has 0 amide bonds. The maximum Gasteiger partial charge on any atom is 0.126 e. The van der Waals surface area contributed by atoms with Gasteiger partial charge in [-0.3, -0.25) is 0 Å². The molecule has 2 rings (SSSR count). The second kappa shape index (κ2) is 5.19. The van der Waals surface area contributed by atoms with Crippen LogP contribution in [0.2, 0.25) is 0 Å². The van der Waals surface area contributed by atoms with Crippen LogP contribution in [0, 0.1) is 12.7 Å². The van der Waals surface area contributed by atoms with Crippen molar-refractivity contribution in [3.8, 4) is 0 Å². The van der Waals surface area contributed by atoms with Crippen molar-refractivity contribution in [3.05, 3.63) is 29.1 Å². The number of benzene rings is 1. The monoisotopic (exact) mass is 239 g/mol. The highest BCUT2D eigenvalue weighted by Crippen LogP contribution is 2.25. The van der Waals surface area contributed by atoms with E-state index in [1.54, 1.807) is 17.8 Å². The molecule has 1 nitrogen and oxygen atoms in total. The fourth-order valence-corrected chi connectivity index (χ4v) is 2.91. The van der Waals surface area contributed by atoms with Crippen LogP contribution in [0.15, 0.2) is 17.0 Å². The molecule has 0 spiro atoms. The molecule has 0 aliphatic carbocycles. The molecule has 0 saturated carbocycles. The molecule has 0 radical (unpaired) electrons. The van der Waals surface area contributed by atoms with Gasteiger partial charge in [0.25, 0.3) is 0 Å². The third kappa shape index (κ3) is 2.58. The van der Waals surface area contributed by atoms with Gasteiger partial charge in [0.15, 0.2) is 0 Å². The minimum absolute atomic E-state index is 0.0519. The molecule has 3 heteroatoms. The van der Waals surface area contributed by atoms with Gasteiger partial charge in [-0.25, -0.2) is 4.39 Å². The first kappa shape index (κ1) is 11.9. The molecule has 88 valence electrons. The molecule has 0 bridgehead atoms. The van der Waals surface area contributed by atoms with Crippen LogP contribution in [0.25, 0.3) is 0 Å². The maximum atomic E-state index is 13.8. The van der Waals surface area contributed by atoms with E-state index in [1.807, 2.05) is 19.2 Å². The van der Waals surface area contributed by atoms with Gasteiger partial charge in [0.2, 0.25) is 0 Å². The Morgan fingerprint density at radius 3 is 2.94 bits per heavy atom. The van der Waals surface area contributed by atoms with Gasteiger partial charge < -0.3 is 5.32 Å². The summed E-state index contributed by atoms with van der Waals surface area (Å²) in [6.45, 7) is 3.04. The highest BCUT2D eigenvalue weighted by Gasteiger charge is 2.17. The van der Waals surface area contributed by atoms with E-state index in [9.17, 15) is 4.39 Å². The van der Waals surface area contributed by atoms with E-state index >= 15 is 0 Å². The summed E-state index contributed by atoms with van der Waals surface area (Å²) in [5.41, 5.74) is 1.89. The summed E-state index contributed by atoms with van der Waals surface area (Å²) in [6.07, 6.45) is 5.24. The number of hydrogen-bond acceptors (Lipinski definition) is 2. The predicted octanol–water partition coefficient (Wildman–Crippen LogP) is 3.15. The molecule has 1 aromatic carbocycles. The minimum atomic E-state index is -0.0519. The van der Waals surface area contributed by atoms with Crippen LogP contribution in [-0.4, -0.2) is 18.8 Å². The molecule has 16 heavy (non-hydrogen) atoms.